The molecular formula is C16H15N3. The minimum atomic E-state index is 0.129. The first kappa shape index (κ1) is 11.5. The summed E-state index contributed by atoms with van der Waals surface area (Å²) in [7, 11) is 0. The number of nitrogens with zero attached hydrogens (tertiary/aromatic N) is 2. The first-order valence-electron chi connectivity index (χ1n) is 6.22. The van der Waals surface area contributed by atoms with Crippen molar-refractivity contribution in [2.45, 2.75) is 6.04 Å². The van der Waals surface area contributed by atoms with E-state index in [4.69, 9.17) is 5.73 Å². The Labute approximate surface area is 112 Å². The van der Waals surface area contributed by atoms with E-state index in [9.17, 15) is 0 Å². The second-order valence-corrected chi connectivity index (χ2v) is 4.49. The molecule has 0 fully saturated rings. The molecule has 19 heavy (non-hydrogen) atoms. The van der Waals surface area contributed by atoms with E-state index in [1.165, 1.54) is 11.1 Å². The number of nitrogen functional groups attached to an aromatic ring is 1. The van der Waals surface area contributed by atoms with Crippen LogP contribution in [0.15, 0.2) is 73.3 Å². The maximum atomic E-state index is 5.77. The zero-order valence-electron chi connectivity index (χ0n) is 10.5. The lowest BCUT2D eigenvalue weighted by molar-refractivity contribution is 0.677. The molecule has 3 rings (SSSR count). The number of benzene rings is 2. The normalized spacial score (nSPS) is 12.2. The molecule has 0 unspecified atom stereocenters. The SMILES string of the molecule is Nc1ccc([C@@H](c2ccccc2)n2ccnc2)cc1. The molecule has 0 amide bonds. The van der Waals surface area contributed by atoms with Crippen LogP contribution in [0.1, 0.15) is 17.2 Å². The van der Waals surface area contributed by atoms with Crippen LogP contribution < -0.4 is 5.73 Å². The fraction of sp³-hybridized carbons (Fsp3) is 0.0625. The Bertz CT molecular complexity index is 628. The van der Waals surface area contributed by atoms with Crippen molar-refractivity contribution in [1.29, 1.82) is 0 Å². The molecule has 1 aromatic heterocycles. The van der Waals surface area contributed by atoms with Crippen molar-refractivity contribution in [3.8, 4) is 0 Å². The second kappa shape index (κ2) is 4.98. The maximum Gasteiger partial charge on any atom is 0.0954 e. The zero-order valence-corrected chi connectivity index (χ0v) is 10.5. The molecule has 3 nitrogen and oxygen atoms in total. The number of aromatic nitrogens is 2. The quantitative estimate of drug-likeness (QED) is 0.725. The molecule has 3 heteroatoms. The molecule has 0 aliphatic heterocycles. The third-order valence-corrected chi connectivity index (χ3v) is 3.19. The standard InChI is InChI=1S/C16H15N3/c17-15-8-6-14(7-9-15)16(19-11-10-18-12-19)13-4-2-1-3-5-13/h1-12,16H,17H2/t16-/m1/s1. The molecule has 3 aromatic rings. The molecule has 94 valence electrons. The summed E-state index contributed by atoms with van der Waals surface area (Å²) >= 11 is 0. The molecule has 0 aliphatic rings. The van der Waals surface area contributed by atoms with Crippen molar-refractivity contribution < 1.29 is 0 Å². The van der Waals surface area contributed by atoms with Crippen molar-refractivity contribution in [2.24, 2.45) is 0 Å². The van der Waals surface area contributed by atoms with Gasteiger partial charge in [-0.1, -0.05) is 42.5 Å². The van der Waals surface area contributed by atoms with Gasteiger partial charge in [0.1, 0.15) is 0 Å². The Morgan fingerprint density at radius 3 is 2.21 bits per heavy atom. The van der Waals surface area contributed by atoms with Gasteiger partial charge in [-0.2, -0.15) is 0 Å². The summed E-state index contributed by atoms with van der Waals surface area (Å²) < 4.78 is 2.10. The van der Waals surface area contributed by atoms with E-state index in [-0.39, 0.29) is 6.04 Å². The lowest BCUT2D eigenvalue weighted by Gasteiger charge is -2.19. The summed E-state index contributed by atoms with van der Waals surface area (Å²) in [5.74, 6) is 0. The van der Waals surface area contributed by atoms with Gasteiger partial charge < -0.3 is 10.3 Å². The van der Waals surface area contributed by atoms with Gasteiger partial charge in [0.05, 0.1) is 12.4 Å². The predicted molar refractivity (Wildman–Crippen MR) is 76.8 cm³/mol. The van der Waals surface area contributed by atoms with Crippen LogP contribution in [0.5, 0.6) is 0 Å². The van der Waals surface area contributed by atoms with E-state index in [0.29, 0.717) is 0 Å². The van der Waals surface area contributed by atoms with Gasteiger partial charge in [-0.05, 0) is 23.3 Å². The monoisotopic (exact) mass is 249 g/mol. The van der Waals surface area contributed by atoms with Gasteiger partial charge in [-0.3, -0.25) is 0 Å². The molecule has 0 bridgehead atoms. The lowest BCUT2D eigenvalue weighted by atomic mass is 9.98. The Morgan fingerprint density at radius 2 is 1.58 bits per heavy atom. The van der Waals surface area contributed by atoms with Crippen molar-refractivity contribution in [3.63, 3.8) is 0 Å². The third-order valence-electron chi connectivity index (χ3n) is 3.19. The largest absolute Gasteiger partial charge is 0.399 e. The number of hydrogen-bond donors (Lipinski definition) is 1. The van der Waals surface area contributed by atoms with Crippen LogP contribution in [0.3, 0.4) is 0 Å². The highest BCUT2D eigenvalue weighted by atomic mass is 15.0. The molecule has 0 radical (unpaired) electrons. The number of imidazole rings is 1. The third kappa shape index (κ3) is 2.36. The van der Waals surface area contributed by atoms with Crippen LogP contribution in [0, 0.1) is 0 Å². The highest BCUT2D eigenvalue weighted by Gasteiger charge is 2.15. The van der Waals surface area contributed by atoms with Gasteiger partial charge in [0, 0.05) is 18.1 Å². The van der Waals surface area contributed by atoms with E-state index in [2.05, 4.69) is 45.9 Å². The van der Waals surface area contributed by atoms with Crippen LogP contribution >= 0.6 is 0 Å². The topological polar surface area (TPSA) is 43.8 Å². The van der Waals surface area contributed by atoms with E-state index in [1.807, 2.05) is 30.7 Å². The molecule has 1 heterocycles. The molecule has 0 spiro atoms. The van der Waals surface area contributed by atoms with E-state index in [0.717, 1.165) is 5.69 Å². The fourth-order valence-electron chi connectivity index (χ4n) is 2.27. The summed E-state index contributed by atoms with van der Waals surface area (Å²) in [6, 6.07) is 18.5. The van der Waals surface area contributed by atoms with Gasteiger partial charge in [-0.15, -0.1) is 0 Å². The van der Waals surface area contributed by atoms with Gasteiger partial charge >= 0.3 is 0 Å². The van der Waals surface area contributed by atoms with Crippen LogP contribution in [-0.2, 0) is 0 Å². The van der Waals surface area contributed by atoms with Crippen molar-refractivity contribution in [2.75, 3.05) is 5.73 Å². The van der Waals surface area contributed by atoms with E-state index < -0.39 is 0 Å². The van der Waals surface area contributed by atoms with Gasteiger partial charge in [0.2, 0.25) is 0 Å². The zero-order chi connectivity index (χ0) is 13.1. The van der Waals surface area contributed by atoms with Crippen molar-refractivity contribution in [3.05, 3.63) is 84.4 Å². The molecular weight excluding hydrogens is 234 g/mol. The number of rotatable bonds is 3. The van der Waals surface area contributed by atoms with Crippen LogP contribution in [-0.4, -0.2) is 9.55 Å². The smallest absolute Gasteiger partial charge is 0.0954 e. The molecule has 0 saturated carbocycles. The Morgan fingerprint density at radius 1 is 0.895 bits per heavy atom. The molecule has 1 atom stereocenters. The summed E-state index contributed by atoms with van der Waals surface area (Å²) in [6.45, 7) is 0. The van der Waals surface area contributed by atoms with Crippen molar-refractivity contribution >= 4 is 5.69 Å². The molecule has 0 aliphatic carbocycles. The summed E-state index contributed by atoms with van der Waals surface area (Å²) in [5.41, 5.74) is 8.96. The molecule has 0 saturated heterocycles. The Kier molecular flexibility index (Phi) is 3.02. The van der Waals surface area contributed by atoms with E-state index >= 15 is 0 Å². The lowest BCUT2D eigenvalue weighted by Crippen LogP contribution is -2.10. The molecule has 2 aromatic carbocycles. The minimum Gasteiger partial charge on any atom is -0.399 e. The summed E-state index contributed by atoms with van der Waals surface area (Å²) in [4.78, 5) is 4.15. The number of anilines is 1. The number of nitrogens with two attached hydrogens (primary N) is 1. The highest BCUT2D eigenvalue weighted by Crippen LogP contribution is 2.26. The van der Waals surface area contributed by atoms with Crippen LogP contribution in [0.2, 0.25) is 0 Å². The average Bonchev–Trinajstić information content (AvgIpc) is 2.96. The highest BCUT2D eigenvalue weighted by molar-refractivity contribution is 5.42. The van der Waals surface area contributed by atoms with Crippen LogP contribution in [0.4, 0.5) is 5.69 Å². The Hall–Kier alpha value is -2.55. The van der Waals surface area contributed by atoms with Gasteiger partial charge in [0.25, 0.3) is 0 Å². The second-order valence-electron chi connectivity index (χ2n) is 4.49. The van der Waals surface area contributed by atoms with Gasteiger partial charge in [-0.25, -0.2) is 4.98 Å². The minimum absolute atomic E-state index is 0.129. The fourth-order valence-corrected chi connectivity index (χ4v) is 2.27. The Balaban J connectivity index is 2.10. The summed E-state index contributed by atoms with van der Waals surface area (Å²) in [5, 5.41) is 0. The van der Waals surface area contributed by atoms with Crippen molar-refractivity contribution in [1.82, 2.24) is 9.55 Å². The first-order chi connectivity index (χ1) is 9.34. The van der Waals surface area contributed by atoms with E-state index in [1.54, 1.807) is 6.20 Å². The van der Waals surface area contributed by atoms with Gasteiger partial charge in [0.15, 0.2) is 0 Å². The maximum absolute atomic E-state index is 5.77. The first-order valence-corrected chi connectivity index (χ1v) is 6.22. The average molecular weight is 249 g/mol. The number of hydrogen-bond acceptors (Lipinski definition) is 2. The molecule has 2 N–H and O–H groups in total. The summed E-state index contributed by atoms with van der Waals surface area (Å²) in [6.07, 6.45) is 5.62. The van der Waals surface area contributed by atoms with Crippen LogP contribution in [0.25, 0.3) is 0 Å². The predicted octanol–water partition coefficient (Wildman–Crippen LogP) is 3.10.